The Hall–Kier alpha value is -3.74. The summed E-state index contributed by atoms with van der Waals surface area (Å²) in [6, 6.07) is 15.3. The van der Waals surface area contributed by atoms with Gasteiger partial charge in [-0.05, 0) is 29.8 Å². The number of aromatic nitrogens is 1. The molecule has 2 aromatic carbocycles. The number of nitrogens with zero attached hydrogens (tertiary/aromatic N) is 4. The zero-order chi connectivity index (χ0) is 19.7. The number of amidine groups is 1. The van der Waals surface area contributed by atoms with Crippen molar-refractivity contribution < 1.29 is 9.90 Å². The molecule has 7 heteroatoms. The number of amides is 1. The Bertz CT molecular complexity index is 1140. The van der Waals surface area contributed by atoms with Gasteiger partial charge in [0.1, 0.15) is 0 Å². The molecular weight excluding hydrogens is 354 g/mol. The first-order chi connectivity index (χ1) is 13.5. The summed E-state index contributed by atoms with van der Waals surface area (Å²) >= 11 is 0. The average molecular weight is 373 g/mol. The van der Waals surface area contributed by atoms with Gasteiger partial charge in [-0.25, -0.2) is 0 Å². The number of azo groups is 1. The highest BCUT2D eigenvalue weighted by atomic mass is 16.3. The third-order valence-electron chi connectivity index (χ3n) is 4.53. The molecule has 2 heterocycles. The normalized spacial score (nSPS) is 15.7. The van der Waals surface area contributed by atoms with Crippen molar-refractivity contribution in [3.05, 3.63) is 59.7 Å². The molecule has 0 unspecified atom stereocenters. The molecule has 4 rings (SSSR count). The van der Waals surface area contributed by atoms with E-state index in [9.17, 15) is 9.90 Å². The number of H-pyrrole nitrogens is 1. The number of para-hydroxylation sites is 1. The van der Waals surface area contributed by atoms with Crippen LogP contribution in [-0.4, -0.2) is 35.9 Å². The molecule has 28 heavy (non-hydrogen) atoms. The van der Waals surface area contributed by atoms with Crippen molar-refractivity contribution in [1.29, 1.82) is 0 Å². The van der Waals surface area contributed by atoms with Crippen LogP contribution in [0.1, 0.15) is 12.0 Å². The summed E-state index contributed by atoms with van der Waals surface area (Å²) in [6.07, 6.45) is 2.12. The van der Waals surface area contributed by atoms with Crippen LogP contribution in [0.4, 0.5) is 11.4 Å². The Kier molecular flexibility index (Phi) is 4.49. The summed E-state index contributed by atoms with van der Waals surface area (Å²) in [5, 5.41) is 19.0. The van der Waals surface area contributed by atoms with Gasteiger partial charge in [-0.15, -0.1) is 10.2 Å². The number of aromatic amines is 1. The first kappa shape index (κ1) is 17.7. The number of carbonyl (C=O) groups is 1. The molecule has 1 aliphatic heterocycles. The van der Waals surface area contributed by atoms with Gasteiger partial charge in [0.2, 0.25) is 5.88 Å². The van der Waals surface area contributed by atoms with E-state index in [0.717, 1.165) is 22.2 Å². The van der Waals surface area contributed by atoms with Gasteiger partial charge in [0.15, 0.2) is 11.5 Å². The Morgan fingerprint density at radius 2 is 1.86 bits per heavy atom. The number of rotatable bonds is 3. The number of hydrogen-bond donors (Lipinski definition) is 2. The number of hydrogen-bond acceptors (Lipinski definition) is 5. The molecule has 0 bridgehead atoms. The van der Waals surface area contributed by atoms with Crippen molar-refractivity contribution in [1.82, 2.24) is 4.98 Å². The molecule has 0 saturated carbocycles. The van der Waals surface area contributed by atoms with Crippen LogP contribution in [0.25, 0.3) is 17.0 Å². The topological polar surface area (TPSA) is 93.4 Å². The van der Waals surface area contributed by atoms with E-state index >= 15 is 0 Å². The molecule has 1 aliphatic rings. The Morgan fingerprint density at radius 3 is 2.61 bits per heavy atom. The lowest BCUT2D eigenvalue weighted by Gasteiger charge is -2.11. The van der Waals surface area contributed by atoms with E-state index in [1.165, 1.54) is 0 Å². The van der Waals surface area contributed by atoms with Crippen LogP contribution in [0.15, 0.2) is 69.3 Å². The average Bonchev–Trinajstić information content (AvgIpc) is 3.19. The Labute approximate surface area is 161 Å². The monoisotopic (exact) mass is 373 g/mol. The minimum Gasteiger partial charge on any atom is -0.493 e. The summed E-state index contributed by atoms with van der Waals surface area (Å²) in [7, 11) is 3.95. The summed E-state index contributed by atoms with van der Waals surface area (Å²) in [4.78, 5) is 21.0. The molecule has 0 atom stereocenters. The van der Waals surface area contributed by atoms with Crippen LogP contribution in [0.3, 0.4) is 0 Å². The third-order valence-corrected chi connectivity index (χ3v) is 4.53. The molecule has 0 saturated heterocycles. The zero-order valence-corrected chi connectivity index (χ0v) is 15.5. The predicted octanol–water partition coefficient (Wildman–Crippen LogP) is 4.44. The van der Waals surface area contributed by atoms with Gasteiger partial charge < -0.3 is 15.0 Å². The molecule has 1 amide bonds. The lowest BCUT2D eigenvalue weighted by atomic mass is 10.1. The molecule has 140 valence electrons. The number of nitrogens with one attached hydrogen (secondary N) is 1. The summed E-state index contributed by atoms with van der Waals surface area (Å²) < 4.78 is 0. The smallest absolute Gasteiger partial charge is 0.275 e. The largest absolute Gasteiger partial charge is 0.493 e. The molecule has 1 aromatic heterocycles. The van der Waals surface area contributed by atoms with Gasteiger partial charge in [0.25, 0.3) is 5.91 Å². The van der Waals surface area contributed by atoms with Crippen molar-refractivity contribution in [3.8, 4) is 5.88 Å². The minimum atomic E-state index is -0.311. The van der Waals surface area contributed by atoms with Gasteiger partial charge in [0, 0.05) is 37.2 Å². The quantitative estimate of drug-likeness (QED) is 0.525. The number of anilines is 1. The molecule has 0 spiro atoms. The van der Waals surface area contributed by atoms with E-state index in [4.69, 9.17) is 0 Å². The van der Waals surface area contributed by atoms with Crippen molar-refractivity contribution in [3.63, 3.8) is 0 Å². The van der Waals surface area contributed by atoms with Gasteiger partial charge in [-0.2, -0.15) is 4.99 Å². The van der Waals surface area contributed by atoms with Crippen molar-refractivity contribution in [2.24, 2.45) is 15.2 Å². The van der Waals surface area contributed by atoms with Gasteiger partial charge in [0.05, 0.1) is 5.52 Å². The molecule has 3 aromatic rings. The molecule has 7 nitrogen and oxygen atoms in total. The number of aliphatic imine (C=N–C) groups is 1. The van der Waals surface area contributed by atoms with E-state index in [1.54, 1.807) is 0 Å². The second-order valence-electron chi connectivity index (χ2n) is 6.73. The minimum absolute atomic E-state index is 0.0633. The standard InChI is InChI=1S/C21H19N5O2/c1-26(2)15-9-7-13(8-10-15)11-14-12-18(23-20(14)27)24-25-19-16-5-3-4-6-17(16)22-21(19)28/h3-11,22,28H,12H2,1-2H3/b14-11+,25-24?. The fraction of sp³-hybridized carbons (Fsp3) is 0.143. The van der Waals surface area contributed by atoms with Gasteiger partial charge >= 0.3 is 0 Å². The number of fused-ring (bicyclic) bond motifs is 1. The molecule has 0 radical (unpaired) electrons. The van der Waals surface area contributed by atoms with E-state index < -0.39 is 0 Å². The lowest BCUT2D eigenvalue weighted by Crippen LogP contribution is -2.07. The second-order valence-corrected chi connectivity index (χ2v) is 6.73. The van der Waals surface area contributed by atoms with Gasteiger partial charge in [-0.1, -0.05) is 30.3 Å². The summed E-state index contributed by atoms with van der Waals surface area (Å²) in [5.41, 5.74) is 3.68. The van der Waals surface area contributed by atoms with E-state index in [-0.39, 0.29) is 11.8 Å². The van der Waals surface area contributed by atoms with Crippen LogP contribution < -0.4 is 4.90 Å². The fourth-order valence-corrected chi connectivity index (χ4v) is 3.04. The summed E-state index contributed by atoms with van der Waals surface area (Å²) in [5.74, 6) is -0.0498. The Balaban J connectivity index is 1.53. The maximum atomic E-state index is 12.2. The highest BCUT2D eigenvalue weighted by Gasteiger charge is 2.21. The van der Waals surface area contributed by atoms with Crippen molar-refractivity contribution in [2.75, 3.05) is 19.0 Å². The van der Waals surface area contributed by atoms with E-state index in [0.29, 0.717) is 23.5 Å². The number of benzene rings is 2. The van der Waals surface area contributed by atoms with E-state index in [2.05, 4.69) is 20.2 Å². The maximum absolute atomic E-state index is 12.2. The number of aromatic hydroxyl groups is 1. The summed E-state index contributed by atoms with van der Waals surface area (Å²) in [6.45, 7) is 0. The predicted molar refractivity (Wildman–Crippen MR) is 110 cm³/mol. The fourth-order valence-electron chi connectivity index (χ4n) is 3.04. The third kappa shape index (κ3) is 3.42. The van der Waals surface area contributed by atoms with Gasteiger partial charge in [-0.3, -0.25) is 4.79 Å². The van der Waals surface area contributed by atoms with Crippen LogP contribution >= 0.6 is 0 Å². The molecule has 0 aliphatic carbocycles. The van der Waals surface area contributed by atoms with Crippen LogP contribution in [-0.2, 0) is 4.79 Å². The first-order valence-corrected chi connectivity index (χ1v) is 8.82. The molecular formula is C21H19N5O2. The number of carbonyl (C=O) groups excluding carboxylic acids is 1. The van der Waals surface area contributed by atoms with E-state index in [1.807, 2.05) is 73.6 Å². The maximum Gasteiger partial charge on any atom is 0.275 e. The van der Waals surface area contributed by atoms with Crippen LogP contribution in [0, 0.1) is 0 Å². The van der Waals surface area contributed by atoms with Crippen molar-refractivity contribution in [2.45, 2.75) is 6.42 Å². The Morgan fingerprint density at radius 1 is 1.11 bits per heavy atom. The molecule has 0 fully saturated rings. The SMILES string of the molecule is CN(C)c1ccc(/C=C2\CC(N=Nc3c(O)[nH]c4ccccc34)=NC2=O)cc1. The molecule has 2 N–H and O–H groups in total. The lowest BCUT2D eigenvalue weighted by molar-refractivity contribution is -0.113. The first-order valence-electron chi connectivity index (χ1n) is 8.82. The zero-order valence-electron chi connectivity index (χ0n) is 15.5. The second kappa shape index (κ2) is 7.11. The van der Waals surface area contributed by atoms with Crippen LogP contribution in [0.5, 0.6) is 5.88 Å². The highest BCUT2D eigenvalue weighted by Crippen LogP contribution is 2.35. The van der Waals surface area contributed by atoms with Crippen molar-refractivity contribution >= 4 is 40.1 Å². The highest BCUT2D eigenvalue weighted by molar-refractivity contribution is 6.14. The van der Waals surface area contributed by atoms with Crippen LogP contribution in [0.2, 0.25) is 0 Å².